The Kier molecular flexibility index (Phi) is 5.78. The maximum atomic E-state index is 12.4. The van der Waals surface area contributed by atoms with Gasteiger partial charge in [-0.15, -0.1) is 11.8 Å². The number of nitrogens with zero attached hydrogens (tertiary/aromatic N) is 2. The van der Waals surface area contributed by atoms with Gasteiger partial charge in [0.2, 0.25) is 0 Å². The number of rotatable bonds is 5. The van der Waals surface area contributed by atoms with Crippen molar-refractivity contribution in [1.29, 1.82) is 0 Å². The van der Waals surface area contributed by atoms with Crippen molar-refractivity contribution in [3.8, 4) is 0 Å². The summed E-state index contributed by atoms with van der Waals surface area (Å²) in [5.74, 6) is -0.431. The van der Waals surface area contributed by atoms with Crippen LogP contribution in [0.3, 0.4) is 0 Å². The van der Waals surface area contributed by atoms with Gasteiger partial charge in [-0.2, -0.15) is 0 Å². The zero-order valence-corrected chi connectivity index (χ0v) is 12.1. The van der Waals surface area contributed by atoms with Crippen molar-refractivity contribution in [3.05, 3.63) is 0 Å². The monoisotopic (exact) mass is 274 g/mol. The lowest BCUT2D eigenvalue weighted by molar-refractivity contribution is -0.141. The number of carboxylic acid groups (broad SMARTS) is 1. The summed E-state index contributed by atoms with van der Waals surface area (Å²) in [5, 5.41) is 9.09. The first-order chi connectivity index (χ1) is 8.52. The number of urea groups is 1. The highest BCUT2D eigenvalue weighted by Gasteiger charge is 2.40. The van der Waals surface area contributed by atoms with Crippen molar-refractivity contribution in [3.63, 3.8) is 0 Å². The van der Waals surface area contributed by atoms with Crippen molar-refractivity contribution >= 4 is 23.8 Å². The maximum Gasteiger partial charge on any atom is 0.327 e. The van der Waals surface area contributed by atoms with Gasteiger partial charge in [-0.05, 0) is 20.3 Å². The summed E-state index contributed by atoms with van der Waals surface area (Å²) >= 11 is 1.52. The zero-order chi connectivity index (χ0) is 13.7. The normalized spacial score (nSPS) is 23.2. The lowest BCUT2D eigenvalue weighted by Crippen LogP contribution is -2.51. The zero-order valence-electron chi connectivity index (χ0n) is 11.3. The fourth-order valence-corrected chi connectivity index (χ4v) is 3.19. The summed E-state index contributed by atoms with van der Waals surface area (Å²) in [6.07, 6.45) is 1.98. The predicted molar refractivity (Wildman–Crippen MR) is 72.7 cm³/mol. The molecule has 0 radical (unpaired) electrons. The van der Waals surface area contributed by atoms with E-state index < -0.39 is 12.0 Å². The molecule has 2 atom stereocenters. The Morgan fingerprint density at radius 1 is 1.44 bits per heavy atom. The minimum atomic E-state index is -0.910. The summed E-state index contributed by atoms with van der Waals surface area (Å²) in [5.41, 5.74) is 0. The number of carbonyl (C=O) groups is 2. The first-order valence-corrected chi connectivity index (χ1v) is 7.49. The van der Waals surface area contributed by atoms with Gasteiger partial charge in [-0.1, -0.05) is 13.3 Å². The molecule has 6 heteroatoms. The SMILES string of the molecule is CCCCN(CC)C(=O)N1C(C)SCC1C(=O)O. The second-order valence-electron chi connectivity index (χ2n) is 4.41. The van der Waals surface area contributed by atoms with E-state index in [-0.39, 0.29) is 11.4 Å². The molecule has 1 saturated heterocycles. The Balaban J connectivity index is 2.75. The number of amides is 2. The molecule has 18 heavy (non-hydrogen) atoms. The number of thioether (sulfide) groups is 1. The smallest absolute Gasteiger partial charge is 0.327 e. The van der Waals surface area contributed by atoms with Crippen LogP contribution in [0.1, 0.15) is 33.6 Å². The highest BCUT2D eigenvalue weighted by Crippen LogP contribution is 2.29. The summed E-state index contributed by atoms with van der Waals surface area (Å²) < 4.78 is 0. The van der Waals surface area contributed by atoms with E-state index in [1.54, 1.807) is 4.90 Å². The van der Waals surface area contributed by atoms with Gasteiger partial charge in [0.25, 0.3) is 0 Å². The predicted octanol–water partition coefficient (Wildman–Crippen LogP) is 2.08. The second-order valence-corrected chi connectivity index (χ2v) is 5.76. The van der Waals surface area contributed by atoms with Crippen LogP contribution < -0.4 is 0 Å². The summed E-state index contributed by atoms with van der Waals surface area (Å²) in [4.78, 5) is 26.8. The van der Waals surface area contributed by atoms with E-state index >= 15 is 0 Å². The molecule has 1 N–H and O–H groups in total. The number of carboxylic acids is 1. The highest BCUT2D eigenvalue weighted by atomic mass is 32.2. The van der Waals surface area contributed by atoms with Crippen LogP contribution in [0.4, 0.5) is 4.79 Å². The van der Waals surface area contributed by atoms with Gasteiger partial charge in [-0.25, -0.2) is 9.59 Å². The van der Waals surface area contributed by atoms with Gasteiger partial charge in [0.1, 0.15) is 6.04 Å². The topological polar surface area (TPSA) is 60.9 Å². The molecule has 0 aromatic heterocycles. The van der Waals surface area contributed by atoms with Crippen LogP contribution in [0.15, 0.2) is 0 Å². The van der Waals surface area contributed by atoms with E-state index in [9.17, 15) is 9.59 Å². The molecule has 1 rings (SSSR count). The number of unbranched alkanes of at least 4 members (excludes halogenated alkanes) is 1. The van der Waals surface area contributed by atoms with Crippen molar-refractivity contribution < 1.29 is 14.7 Å². The Morgan fingerprint density at radius 3 is 2.61 bits per heavy atom. The molecule has 0 aromatic rings. The third kappa shape index (κ3) is 3.31. The van der Waals surface area contributed by atoms with Crippen molar-refractivity contribution in [2.75, 3.05) is 18.8 Å². The molecule has 0 spiro atoms. The Morgan fingerprint density at radius 2 is 2.11 bits per heavy atom. The quantitative estimate of drug-likeness (QED) is 0.834. The van der Waals surface area contributed by atoms with E-state index in [1.165, 1.54) is 16.7 Å². The Hall–Kier alpha value is -0.910. The molecule has 0 bridgehead atoms. The van der Waals surface area contributed by atoms with Crippen LogP contribution in [-0.2, 0) is 4.79 Å². The summed E-state index contributed by atoms with van der Waals surface area (Å²) in [7, 11) is 0. The summed E-state index contributed by atoms with van der Waals surface area (Å²) in [6.45, 7) is 7.22. The Bertz CT molecular complexity index is 312. The van der Waals surface area contributed by atoms with E-state index in [1.807, 2.05) is 13.8 Å². The fourth-order valence-electron chi connectivity index (χ4n) is 2.02. The minimum Gasteiger partial charge on any atom is -0.480 e. The molecule has 1 heterocycles. The molecule has 104 valence electrons. The summed E-state index contributed by atoms with van der Waals surface area (Å²) in [6, 6.07) is -0.830. The largest absolute Gasteiger partial charge is 0.480 e. The van der Waals surface area contributed by atoms with Gasteiger partial charge >= 0.3 is 12.0 Å². The van der Waals surface area contributed by atoms with Crippen LogP contribution in [0.5, 0.6) is 0 Å². The lowest BCUT2D eigenvalue weighted by Gasteiger charge is -2.31. The maximum absolute atomic E-state index is 12.4. The van der Waals surface area contributed by atoms with Crippen molar-refractivity contribution in [2.24, 2.45) is 0 Å². The minimum absolute atomic E-state index is 0.0609. The molecule has 2 amide bonds. The van der Waals surface area contributed by atoms with Gasteiger partial charge in [-0.3, -0.25) is 4.90 Å². The second kappa shape index (κ2) is 6.87. The molecule has 1 aliphatic heterocycles. The third-order valence-electron chi connectivity index (χ3n) is 3.16. The lowest BCUT2D eigenvalue weighted by atomic mass is 10.3. The van der Waals surface area contributed by atoms with E-state index in [0.29, 0.717) is 18.8 Å². The number of hydrogen-bond acceptors (Lipinski definition) is 3. The van der Waals surface area contributed by atoms with Gasteiger partial charge in [0, 0.05) is 18.8 Å². The number of hydrogen-bond donors (Lipinski definition) is 1. The molecule has 0 aromatic carbocycles. The Labute approximate surface area is 113 Å². The third-order valence-corrected chi connectivity index (χ3v) is 4.38. The molecular formula is C12H22N2O3S. The fraction of sp³-hybridized carbons (Fsp3) is 0.833. The molecule has 5 nitrogen and oxygen atoms in total. The van der Waals surface area contributed by atoms with Crippen molar-refractivity contribution in [2.45, 2.75) is 45.0 Å². The van der Waals surface area contributed by atoms with E-state index in [2.05, 4.69) is 6.92 Å². The molecule has 1 aliphatic rings. The van der Waals surface area contributed by atoms with Crippen LogP contribution in [0.25, 0.3) is 0 Å². The van der Waals surface area contributed by atoms with E-state index in [4.69, 9.17) is 5.11 Å². The molecule has 0 aliphatic carbocycles. The van der Waals surface area contributed by atoms with Gasteiger partial charge < -0.3 is 10.0 Å². The highest BCUT2D eigenvalue weighted by molar-refractivity contribution is 8.00. The van der Waals surface area contributed by atoms with Crippen LogP contribution in [0.2, 0.25) is 0 Å². The van der Waals surface area contributed by atoms with E-state index in [0.717, 1.165) is 12.8 Å². The average Bonchev–Trinajstić information content (AvgIpc) is 2.72. The molecule has 2 unspecified atom stereocenters. The molecule has 1 fully saturated rings. The standard InChI is InChI=1S/C12H22N2O3S/c1-4-6-7-13(5-2)12(17)14-9(3)18-8-10(14)11(15)16/h9-10H,4-8H2,1-3H3,(H,15,16). The number of carbonyl (C=O) groups excluding carboxylic acids is 1. The van der Waals surface area contributed by atoms with Crippen LogP contribution in [0, 0.1) is 0 Å². The van der Waals surface area contributed by atoms with Gasteiger partial charge in [0.05, 0.1) is 5.37 Å². The molecule has 0 saturated carbocycles. The first-order valence-electron chi connectivity index (χ1n) is 6.44. The first kappa shape index (κ1) is 15.1. The average molecular weight is 274 g/mol. The number of aliphatic carboxylic acids is 1. The van der Waals surface area contributed by atoms with Crippen molar-refractivity contribution in [1.82, 2.24) is 9.80 Å². The van der Waals surface area contributed by atoms with Crippen LogP contribution in [-0.4, -0.2) is 57.2 Å². The molecular weight excluding hydrogens is 252 g/mol. The van der Waals surface area contributed by atoms with Crippen LogP contribution >= 0.6 is 11.8 Å². The van der Waals surface area contributed by atoms with Gasteiger partial charge in [0.15, 0.2) is 0 Å².